The van der Waals surface area contributed by atoms with Crippen LogP contribution in [0.1, 0.15) is 16.9 Å². The number of nitrogens with zero attached hydrogens (tertiary/aromatic N) is 2. The molecule has 0 atom stereocenters. The van der Waals surface area contributed by atoms with Crippen molar-refractivity contribution in [1.82, 2.24) is 15.1 Å². The molecule has 0 fully saturated rings. The van der Waals surface area contributed by atoms with E-state index < -0.39 is 17.3 Å². The van der Waals surface area contributed by atoms with Gasteiger partial charge in [-0.2, -0.15) is 9.78 Å². The lowest BCUT2D eigenvalue weighted by Gasteiger charge is -2.08. The zero-order valence-electron chi connectivity index (χ0n) is 15.1. The van der Waals surface area contributed by atoms with Gasteiger partial charge < -0.3 is 10.6 Å². The quantitative estimate of drug-likeness (QED) is 0.593. The van der Waals surface area contributed by atoms with Crippen LogP contribution in [0.3, 0.4) is 0 Å². The van der Waals surface area contributed by atoms with E-state index in [0.717, 1.165) is 9.15 Å². The molecule has 2 N–H and O–H groups in total. The third-order valence-corrected chi connectivity index (χ3v) is 4.40. The molecule has 9 heteroatoms. The van der Waals surface area contributed by atoms with Gasteiger partial charge >= 0.3 is 0 Å². The number of hydrogen-bond acceptors (Lipinski definition) is 4. The Kier molecular flexibility index (Phi) is 6.50. The van der Waals surface area contributed by atoms with Gasteiger partial charge in [-0.15, -0.1) is 0 Å². The third kappa shape index (κ3) is 5.58. The summed E-state index contributed by atoms with van der Waals surface area (Å²) in [6, 6.07) is 14.8. The van der Waals surface area contributed by atoms with Crippen molar-refractivity contribution < 1.29 is 14.0 Å². The molecule has 0 bridgehead atoms. The average molecular weight is 459 g/mol. The first-order valence-electron chi connectivity index (χ1n) is 8.62. The van der Waals surface area contributed by atoms with E-state index in [1.54, 1.807) is 24.3 Å². The lowest BCUT2D eigenvalue weighted by Crippen LogP contribution is -2.31. The second-order valence-corrected chi connectivity index (χ2v) is 6.92. The molecule has 2 aromatic carbocycles. The fourth-order valence-corrected chi connectivity index (χ4v) is 2.70. The Morgan fingerprint density at radius 3 is 2.38 bits per heavy atom. The number of nitrogens with one attached hydrogen (secondary N) is 2. The molecule has 1 aromatic heterocycles. The van der Waals surface area contributed by atoms with E-state index in [-0.39, 0.29) is 24.6 Å². The highest BCUT2D eigenvalue weighted by Crippen LogP contribution is 2.14. The SMILES string of the molecule is O=C(CCNC(=O)c1ccc(=O)n(-c2ccc(F)cc2)n1)Nc1ccc(Br)cc1. The van der Waals surface area contributed by atoms with Crippen LogP contribution < -0.4 is 16.2 Å². The van der Waals surface area contributed by atoms with Crippen molar-refractivity contribution in [2.24, 2.45) is 0 Å². The molecule has 0 radical (unpaired) electrons. The molecule has 3 aromatic rings. The lowest BCUT2D eigenvalue weighted by atomic mass is 10.3. The summed E-state index contributed by atoms with van der Waals surface area (Å²) in [5.41, 5.74) is 0.529. The summed E-state index contributed by atoms with van der Waals surface area (Å²) in [5.74, 6) is -1.23. The van der Waals surface area contributed by atoms with Crippen LogP contribution in [-0.2, 0) is 4.79 Å². The standard InChI is InChI=1S/C20H16BrFN4O3/c21-13-1-5-15(6-2-13)24-18(27)11-12-23-20(29)17-9-10-19(28)26(25-17)16-7-3-14(22)4-8-16/h1-10H,11-12H2,(H,23,29)(H,24,27). The first kappa shape index (κ1) is 20.4. The number of benzene rings is 2. The highest BCUT2D eigenvalue weighted by molar-refractivity contribution is 9.10. The van der Waals surface area contributed by atoms with Gasteiger partial charge in [0.05, 0.1) is 5.69 Å². The van der Waals surface area contributed by atoms with E-state index in [4.69, 9.17) is 0 Å². The molecule has 3 rings (SSSR count). The van der Waals surface area contributed by atoms with Gasteiger partial charge in [0.1, 0.15) is 11.5 Å². The highest BCUT2D eigenvalue weighted by atomic mass is 79.9. The topological polar surface area (TPSA) is 93.1 Å². The van der Waals surface area contributed by atoms with Crippen molar-refractivity contribution in [3.8, 4) is 5.69 Å². The Morgan fingerprint density at radius 2 is 1.69 bits per heavy atom. The number of halogens is 2. The minimum Gasteiger partial charge on any atom is -0.350 e. The Morgan fingerprint density at radius 1 is 1.00 bits per heavy atom. The van der Waals surface area contributed by atoms with E-state index in [9.17, 15) is 18.8 Å². The van der Waals surface area contributed by atoms with E-state index in [2.05, 4.69) is 31.7 Å². The smallest absolute Gasteiger partial charge is 0.271 e. The normalized spacial score (nSPS) is 10.4. The van der Waals surface area contributed by atoms with Crippen LogP contribution in [-0.4, -0.2) is 28.1 Å². The third-order valence-electron chi connectivity index (χ3n) is 3.87. The van der Waals surface area contributed by atoms with Crippen LogP contribution in [0.15, 0.2) is 69.9 Å². The van der Waals surface area contributed by atoms with Crippen LogP contribution in [0, 0.1) is 5.82 Å². The molecule has 0 spiro atoms. The van der Waals surface area contributed by atoms with Gasteiger partial charge in [-0.25, -0.2) is 4.39 Å². The Hall–Kier alpha value is -3.33. The molecule has 0 saturated carbocycles. The van der Waals surface area contributed by atoms with E-state index in [1.807, 2.05) is 0 Å². The maximum Gasteiger partial charge on any atom is 0.271 e. The number of amides is 2. The number of carbonyl (C=O) groups excluding carboxylic acids is 2. The van der Waals surface area contributed by atoms with Crippen LogP contribution in [0.5, 0.6) is 0 Å². The van der Waals surface area contributed by atoms with Crippen molar-refractivity contribution in [1.29, 1.82) is 0 Å². The average Bonchev–Trinajstić information content (AvgIpc) is 2.71. The number of hydrogen-bond donors (Lipinski definition) is 2. The van der Waals surface area contributed by atoms with Crippen molar-refractivity contribution >= 4 is 33.4 Å². The van der Waals surface area contributed by atoms with Crippen molar-refractivity contribution in [2.45, 2.75) is 6.42 Å². The van der Waals surface area contributed by atoms with E-state index >= 15 is 0 Å². The van der Waals surface area contributed by atoms with E-state index in [0.29, 0.717) is 11.4 Å². The molecule has 0 aliphatic heterocycles. The zero-order valence-corrected chi connectivity index (χ0v) is 16.6. The minimum absolute atomic E-state index is 0.00208. The second kappa shape index (κ2) is 9.24. The van der Waals surface area contributed by atoms with Crippen molar-refractivity contribution in [3.05, 3.63) is 87.0 Å². The molecule has 29 heavy (non-hydrogen) atoms. The summed E-state index contributed by atoms with van der Waals surface area (Å²) in [4.78, 5) is 36.2. The zero-order chi connectivity index (χ0) is 20.8. The van der Waals surface area contributed by atoms with Crippen molar-refractivity contribution in [3.63, 3.8) is 0 Å². The Balaban J connectivity index is 1.58. The number of rotatable bonds is 6. The van der Waals surface area contributed by atoms with Gasteiger partial charge in [-0.3, -0.25) is 14.4 Å². The van der Waals surface area contributed by atoms with Crippen LogP contribution in [0.25, 0.3) is 5.69 Å². The summed E-state index contributed by atoms with van der Waals surface area (Å²) in [6.07, 6.45) is 0.0689. The van der Waals surface area contributed by atoms with Gasteiger partial charge in [0.2, 0.25) is 5.91 Å². The van der Waals surface area contributed by atoms with Gasteiger partial charge in [-0.05, 0) is 54.6 Å². The Bertz CT molecular complexity index is 1080. The molecular formula is C20H16BrFN4O3. The van der Waals surface area contributed by atoms with Crippen LogP contribution in [0.2, 0.25) is 0 Å². The largest absolute Gasteiger partial charge is 0.350 e. The second-order valence-electron chi connectivity index (χ2n) is 6.01. The van der Waals surface area contributed by atoms with Crippen LogP contribution >= 0.6 is 15.9 Å². The molecule has 0 aliphatic carbocycles. The number of aromatic nitrogens is 2. The minimum atomic E-state index is -0.530. The summed E-state index contributed by atoms with van der Waals surface area (Å²) >= 11 is 3.32. The predicted octanol–water partition coefficient (Wildman–Crippen LogP) is 2.89. The van der Waals surface area contributed by atoms with Crippen molar-refractivity contribution in [2.75, 3.05) is 11.9 Å². The summed E-state index contributed by atoms with van der Waals surface area (Å²) in [7, 11) is 0. The van der Waals surface area contributed by atoms with Gasteiger partial charge in [0.15, 0.2) is 0 Å². The maximum absolute atomic E-state index is 13.1. The van der Waals surface area contributed by atoms with Crippen LogP contribution in [0.4, 0.5) is 10.1 Å². The summed E-state index contributed by atoms with van der Waals surface area (Å²) in [5, 5.41) is 9.32. The first-order chi connectivity index (χ1) is 13.9. The maximum atomic E-state index is 13.1. The molecule has 0 unspecified atom stereocenters. The highest BCUT2D eigenvalue weighted by Gasteiger charge is 2.11. The first-order valence-corrected chi connectivity index (χ1v) is 9.41. The summed E-state index contributed by atoms with van der Waals surface area (Å²) in [6.45, 7) is 0.0958. The molecule has 7 nitrogen and oxygen atoms in total. The lowest BCUT2D eigenvalue weighted by molar-refractivity contribution is -0.116. The number of carbonyl (C=O) groups is 2. The summed E-state index contributed by atoms with van der Waals surface area (Å²) < 4.78 is 15.0. The molecule has 0 aliphatic rings. The van der Waals surface area contributed by atoms with Gasteiger partial charge in [-0.1, -0.05) is 15.9 Å². The monoisotopic (exact) mass is 458 g/mol. The molecule has 0 saturated heterocycles. The Labute approximate surface area is 173 Å². The molecule has 1 heterocycles. The van der Waals surface area contributed by atoms with E-state index in [1.165, 1.54) is 36.4 Å². The molecule has 148 valence electrons. The van der Waals surface area contributed by atoms with Gasteiger partial charge in [0.25, 0.3) is 11.5 Å². The molecular weight excluding hydrogens is 443 g/mol. The predicted molar refractivity (Wildman–Crippen MR) is 110 cm³/mol. The fraction of sp³-hybridized carbons (Fsp3) is 0.100. The fourth-order valence-electron chi connectivity index (χ4n) is 2.44. The van der Waals surface area contributed by atoms with Gasteiger partial charge in [0, 0.05) is 29.2 Å². The molecule has 2 amide bonds. The number of anilines is 1.